The first-order valence-electron chi connectivity index (χ1n) is 11.4. The Bertz CT molecular complexity index is 1380. The summed E-state index contributed by atoms with van der Waals surface area (Å²) in [6.07, 6.45) is 3.60. The van der Waals surface area contributed by atoms with Crippen LogP contribution in [0, 0.1) is 5.92 Å². The third kappa shape index (κ3) is 5.64. The molecule has 1 aliphatic rings. The molecule has 0 radical (unpaired) electrons. The zero-order valence-corrected chi connectivity index (χ0v) is 20.0. The number of ether oxygens (including phenoxy) is 2. The van der Waals surface area contributed by atoms with Gasteiger partial charge in [-0.15, -0.1) is 0 Å². The van der Waals surface area contributed by atoms with Gasteiger partial charge in [-0.25, -0.2) is 4.98 Å². The molecule has 9 nitrogen and oxygen atoms in total. The lowest BCUT2D eigenvalue weighted by atomic mass is 9.98. The molecule has 0 spiro atoms. The molecule has 10 heteroatoms. The van der Waals surface area contributed by atoms with E-state index in [1.807, 2.05) is 12.1 Å². The van der Waals surface area contributed by atoms with E-state index in [-0.39, 0.29) is 30.2 Å². The van der Waals surface area contributed by atoms with Crippen LogP contribution in [0.5, 0.6) is 11.6 Å². The zero-order valence-electron chi connectivity index (χ0n) is 19.2. The van der Waals surface area contributed by atoms with Crippen LogP contribution in [0.2, 0.25) is 5.02 Å². The lowest BCUT2D eigenvalue weighted by Crippen LogP contribution is -2.30. The number of rotatable bonds is 9. The fourth-order valence-electron chi connectivity index (χ4n) is 3.90. The zero-order chi connectivity index (χ0) is 24.9. The van der Waals surface area contributed by atoms with E-state index in [0.29, 0.717) is 53.5 Å². The summed E-state index contributed by atoms with van der Waals surface area (Å²) in [7, 11) is 0. The monoisotopic (exact) mass is 506 g/mol. The summed E-state index contributed by atoms with van der Waals surface area (Å²) in [5, 5.41) is 7.52. The second kappa shape index (κ2) is 10.8. The summed E-state index contributed by atoms with van der Waals surface area (Å²) in [5.41, 5.74) is 1.64. The normalized spacial score (nSPS) is 15.1. The van der Waals surface area contributed by atoms with Gasteiger partial charge in [-0.3, -0.25) is 14.2 Å². The molecule has 1 unspecified atom stereocenters. The number of Topliss-reactive ketones (excluding diaryl/α,β-unsaturated/α-hetero) is 1. The van der Waals surface area contributed by atoms with Crippen LogP contribution < -0.4 is 15.6 Å². The topological polar surface area (TPSA) is 108 Å². The summed E-state index contributed by atoms with van der Waals surface area (Å²) in [6, 6.07) is 16.0. The molecule has 1 atom stereocenters. The highest BCUT2D eigenvalue weighted by atomic mass is 35.5. The molecule has 1 fully saturated rings. The maximum Gasteiger partial charge on any atom is 0.259 e. The summed E-state index contributed by atoms with van der Waals surface area (Å²) in [6.45, 7) is 1.23. The third-order valence-corrected chi connectivity index (χ3v) is 6.12. The Labute approximate surface area is 211 Å². The number of benzene rings is 2. The van der Waals surface area contributed by atoms with Crippen molar-refractivity contribution in [2.75, 3.05) is 18.5 Å². The van der Waals surface area contributed by atoms with Crippen molar-refractivity contribution >= 4 is 29.0 Å². The summed E-state index contributed by atoms with van der Waals surface area (Å²) < 4.78 is 17.2. The Balaban J connectivity index is 1.40. The average molecular weight is 507 g/mol. The van der Waals surface area contributed by atoms with Gasteiger partial charge in [0.05, 0.1) is 13.2 Å². The number of anilines is 2. The lowest BCUT2D eigenvalue weighted by Gasteiger charge is -2.16. The van der Waals surface area contributed by atoms with Crippen molar-refractivity contribution in [2.24, 2.45) is 5.92 Å². The van der Waals surface area contributed by atoms with Crippen molar-refractivity contribution in [3.05, 3.63) is 93.6 Å². The van der Waals surface area contributed by atoms with Crippen LogP contribution in [0.1, 0.15) is 17.5 Å². The van der Waals surface area contributed by atoms with Gasteiger partial charge in [0.1, 0.15) is 17.8 Å². The molecule has 2 aromatic heterocycles. The molecule has 2 aromatic carbocycles. The first-order chi connectivity index (χ1) is 17.5. The predicted molar refractivity (Wildman–Crippen MR) is 133 cm³/mol. The van der Waals surface area contributed by atoms with Gasteiger partial charge in [0.25, 0.3) is 11.4 Å². The first kappa shape index (κ1) is 23.8. The summed E-state index contributed by atoms with van der Waals surface area (Å²) in [5.74, 6) is 1.09. The van der Waals surface area contributed by atoms with Crippen LogP contribution in [-0.2, 0) is 22.5 Å². The molecule has 36 heavy (non-hydrogen) atoms. The molecule has 0 aliphatic carbocycles. The Hall–Kier alpha value is -3.95. The quantitative estimate of drug-likeness (QED) is 0.350. The molecule has 3 heterocycles. The maximum atomic E-state index is 13.5. The molecular weight excluding hydrogens is 484 g/mol. The van der Waals surface area contributed by atoms with Gasteiger partial charge in [-0.1, -0.05) is 23.7 Å². The third-order valence-electron chi connectivity index (χ3n) is 5.87. The minimum absolute atomic E-state index is 0.00662. The fraction of sp³-hybridized carbons (Fsp3) is 0.231. The van der Waals surface area contributed by atoms with Gasteiger partial charge in [0.2, 0.25) is 5.95 Å². The molecule has 0 amide bonds. The summed E-state index contributed by atoms with van der Waals surface area (Å²) in [4.78, 5) is 30.7. The van der Waals surface area contributed by atoms with E-state index >= 15 is 0 Å². The van der Waals surface area contributed by atoms with Crippen LogP contribution in [0.25, 0.3) is 0 Å². The smallest absolute Gasteiger partial charge is 0.259 e. The van der Waals surface area contributed by atoms with Gasteiger partial charge in [0, 0.05) is 47.5 Å². The first-order valence-corrected chi connectivity index (χ1v) is 11.8. The number of hydrogen-bond donors (Lipinski definition) is 1. The number of halogens is 1. The van der Waals surface area contributed by atoms with Gasteiger partial charge in [0.15, 0.2) is 0 Å². The minimum atomic E-state index is -0.277. The second-order valence-corrected chi connectivity index (χ2v) is 8.85. The molecule has 0 saturated carbocycles. The Morgan fingerprint density at radius 1 is 1.14 bits per heavy atom. The van der Waals surface area contributed by atoms with Gasteiger partial charge in [-0.2, -0.15) is 0 Å². The van der Waals surface area contributed by atoms with Crippen molar-refractivity contribution in [2.45, 2.75) is 19.4 Å². The van der Waals surface area contributed by atoms with Crippen molar-refractivity contribution in [1.82, 2.24) is 14.7 Å². The van der Waals surface area contributed by atoms with Crippen LogP contribution in [-0.4, -0.2) is 33.7 Å². The van der Waals surface area contributed by atoms with Crippen LogP contribution in [0.3, 0.4) is 0 Å². The minimum Gasteiger partial charge on any atom is -0.436 e. The number of ketones is 1. The van der Waals surface area contributed by atoms with Gasteiger partial charge < -0.3 is 19.3 Å². The highest BCUT2D eigenvalue weighted by Crippen LogP contribution is 2.23. The van der Waals surface area contributed by atoms with Crippen molar-refractivity contribution < 1.29 is 18.8 Å². The van der Waals surface area contributed by atoms with Gasteiger partial charge in [-0.05, 0) is 53.5 Å². The molecule has 1 N–H and O–H groups in total. The molecule has 184 valence electrons. The molecular formula is C26H23ClN4O5. The van der Waals surface area contributed by atoms with E-state index in [9.17, 15) is 9.59 Å². The number of nitrogens with zero attached hydrogens (tertiary/aromatic N) is 3. The molecule has 0 bridgehead atoms. The number of carbonyl (C=O) groups is 1. The van der Waals surface area contributed by atoms with E-state index in [1.165, 1.54) is 17.0 Å². The van der Waals surface area contributed by atoms with Crippen LogP contribution in [0.15, 0.2) is 76.4 Å². The largest absolute Gasteiger partial charge is 0.436 e. The number of hydrogen-bond acceptors (Lipinski definition) is 8. The van der Waals surface area contributed by atoms with Crippen molar-refractivity contribution in [3.63, 3.8) is 0 Å². The number of carbonyl (C=O) groups excluding carboxylic acids is 1. The van der Waals surface area contributed by atoms with E-state index in [0.717, 1.165) is 5.56 Å². The van der Waals surface area contributed by atoms with Crippen LogP contribution >= 0.6 is 11.6 Å². The molecule has 1 saturated heterocycles. The Morgan fingerprint density at radius 2 is 1.94 bits per heavy atom. The van der Waals surface area contributed by atoms with E-state index in [2.05, 4.69) is 15.5 Å². The predicted octanol–water partition coefficient (Wildman–Crippen LogP) is 4.62. The van der Waals surface area contributed by atoms with Crippen molar-refractivity contribution in [3.8, 4) is 11.6 Å². The highest BCUT2D eigenvalue weighted by molar-refractivity contribution is 6.30. The number of aromatic nitrogens is 3. The Kier molecular flexibility index (Phi) is 7.11. The average Bonchev–Trinajstić information content (AvgIpc) is 3.60. The molecule has 5 rings (SSSR count). The highest BCUT2D eigenvalue weighted by Gasteiger charge is 2.25. The van der Waals surface area contributed by atoms with Gasteiger partial charge >= 0.3 is 0 Å². The fourth-order valence-corrected chi connectivity index (χ4v) is 4.03. The standard InChI is InChI=1S/C26H23ClN4O5/c27-20-3-1-17(2-4-20)15-31-25(33)19(13-23(32)18-9-11-34-16-18)14-28-26(31)29-21-5-7-22(8-6-21)36-24-10-12-35-30-24/h1-8,10,12,14,18H,9,11,13,15-16H2,(H,28,29). The van der Waals surface area contributed by atoms with Crippen molar-refractivity contribution in [1.29, 1.82) is 0 Å². The molecule has 4 aromatic rings. The number of nitrogens with one attached hydrogen (secondary N) is 1. The lowest BCUT2D eigenvalue weighted by molar-refractivity contribution is -0.122. The SMILES string of the molecule is O=C(Cc1cnc(Nc2ccc(Oc3ccon3)cc2)n(Cc2ccc(Cl)cc2)c1=O)C1CCOC1. The van der Waals surface area contributed by atoms with E-state index < -0.39 is 0 Å². The molecule has 1 aliphatic heterocycles. The maximum absolute atomic E-state index is 13.5. The Morgan fingerprint density at radius 3 is 2.64 bits per heavy atom. The summed E-state index contributed by atoms with van der Waals surface area (Å²) >= 11 is 6.03. The second-order valence-electron chi connectivity index (χ2n) is 8.42. The van der Waals surface area contributed by atoms with E-state index in [1.54, 1.807) is 42.5 Å². The van der Waals surface area contributed by atoms with Crippen LogP contribution in [0.4, 0.5) is 11.6 Å². The van der Waals surface area contributed by atoms with E-state index in [4.69, 9.17) is 25.6 Å².